The second-order valence-electron chi connectivity index (χ2n) is 3.77. The van der Waals surface area contributed by atoms with Crippen LogP contribution in [0.3, 0.4) is 0 Å². The molecule has 1 aliphatic heterocycles. The maximum atomic E-state index is 13.4. The molecule has 5 nitrogen and oxygen atoms in total. The number of benzene rings is 1. The van der Waals surface area contributed by atoms with Crippen LogP contribution in [-0.2, 0) is 9.59 Å². The Bertz CT molecular complexity index is 626. The van der Waals surface area contributed by atoms with Gasteiger partial charge in [0.1, 0.15) is 5.82 Å². The van der Waals surface area contributed by atoms with Gasteiger partial charge in [-0.2, -0.15) is 0 Å². The van der Waals surface area contributed by atoms with Crippen molar-refractivity contribution < 1.29 is 23.9 Å². The Balaban J connectivity index is 2.38. The van der Waals surface area contributed by atoms with Crippen molar-refractivity contribution in [2.24, 2.45) is 0 Å². The summed E-state index contributed by atoms with van der Waals surface area (Å²) in [6, 6.07) is 2.31. The summed E-state index contributed by atoms with van der Waals surface area (Å²) >= 11 is 2.94. The van der Waals surface area contributed by atoms with Crippen LogP contribution in [0.2, 0.25) is 0 Å². The van der Waals surface area contributed by atoms with Crippen LogP contribution >= 0.6 is 15.9 Å². The van der Waals surface area contributed by atoms with E-state index in [1.807, 2.05) is 0 Å². The fraction of sp³-hybridized carbons (Fsp3) is 0.0833. The molecule has 0 unspecified atom stereocenters. The molecular weight excluding hydrogens is 321 g/mol. The van der Waals surface area contributed by atoms with Gasteiger partial charge >= 0.3 is 5.97 Å². The van der Waals surface area contributed by atoms with E-state index in [2.05, 4.69) is 15.9 Å². The van der Waals surface area contributed by atoms with Crippen molar-refractivity contribution in [1.29, 1.82) is 0 Å². The third kappa shape index (κ3) is 2.41. The minimum absolute atomic E-state index is 0.0929. The predicted octanol–water partition coefficient (Wildman–Crippen LogP) is 1.76. The first-order chi connectivity index (χ1) is 8.91. The lowest BCUT2D eigenvalue weighted by molar-refractivity contribution is -0.131. The van der Waals surface area contributed by atoms with Crippen molar-refractivity contribution in [3.63, 3.8) is 0 Å². The number of aliphatic carboxylic acids is 1. The van der Waals surface area contributed by atoms with Gasteiger partial charge in [0.25, 0.3) is 11.7 Å². The molecule has 0 aromatic heterocycles. The van der Waals surface area contributed by atoms with Gasteiger partial charge in [0.05, 0.1) is 15.7 Å². The first-order valence-electron chi connectivity index (χ1n) is 5.16. The number of halogens is 2. The number of hydrogen-bond acceptors (Lipinski definition) is 3. The van der Waals surface area contributed by atoms with E-state index in [4.69, 9.17) is 5.11 Å². The van der Waals surface area contributed by atoms with Gasteiger partial charge in [-0.1, -0.05) is 6.08 Å². The van der Waals surface area contributed by atoms with Crippen LogP contribution in [0.25, 0.3) is 0 Å². The largest absolute Gasteiger partial charge is 0.478 e. The molecular formula is C12H7BrFNO4. The average Bonchev–Trinajstić information content (AvgIpc) is 2.55. The molecule has 1 aromatic rings. The zero-order valence-corrected chi connectivity index (χ0v) is 11.0. The molecule has 1 amide bonds. The standard InChI is InChI=1S/C12H7BrFNO4/c13-7-4-6-9(5-8(7)14)15(12(19)11(6)18)3-1-2-10(16)17/h1-2,4-5H,3H2,(H,16,17)/b2-1+. The lowest BCUT2D eigenvalue weighted by atomic mass is 10.1. The number of ketones is 1. The van der Waals surface area contributed by atoms with E-state index in [0.717, 1.165) is 17.0 Å². The molecule has 0 saturated carbocycles. The Morgan fingerprint density at radius 3 is 2.74 bits per heavy atom. The molecule has 98 valence electrons. The van der Waals surface area contributed by atoms with Crippen molar-refractivity contribution >= 4 is 39.3 Å². The quantitative estimate of drug-likeness (QED) is 0.678. The molecule has 0 saturated heterocycles. The normalized spacial score (nSPS) is 14.3. The van der Waals surface area contributed by atoms with Gasteiger partial charge in [0.2, 0.25) is 0 Å². The van der Waals surface area contributed by atoms with Gasteiger partial charge in [-0.15, -0.1) is 0 Å². The lowest BCUT2D eigenvalue weighted by Crippen LogP contribution is -2.29. The Kier molecular flexibility index (Phi) is 3.48. The molecule has 1 aliphatic rings. The zero-order valence-electron chi connectivity index (χ0n) is 9.39. The van der Waals surface area contributed by atoms with Crippen LogP contribution in [0.5, 0.6) is 0 Å². The average molecular weight is 328 g/mol. The van der Waals surface area contributed by atoms with Gasteiger partial charge < -0.3 is 10.0 Å². The summed E-state index contributed by atoms with van der Waals surface area (Å²) < 4.78 is 13.5. The Morgan fingerprint density at radius 2 is 2.11 bits per heavy atom. The van der Waals surface area contributed by atoms with E-state index in [-0.39, 0.29) is 22.3 Å². The van der Waals surface area contributed by atoms with E-state index >= 15 is 0 Å². The molecule has 19 heavy (non-hydrogen) atoms. The number of hydrogen-bond donors (Lipinski definition) is 1. The SMILES string of the molecule is O=C(O)/C=C/CN1C(=O)C(=O)c2cc(Br)c(F)cc21. The summed E-state index contributed by atoms with van der Waals surface area (Å²) in [5.74, 6) is -3.31. The second kappa shape index (κ2) is 4.93. The molecule has 0 aliphatic carbocycles. The lowest BCUT2D eigenvalue weighted by Gasteiger charge is -2.13. The number of carboxylic acid groups (broad SMARTS) is 1. The van der Waals surface area contributed by atoms with Crippen molar-refractivity contribution in [3.8, 4) is 0 Å². The summed E-state index contributed by atoms with van der Waals surface area (Å²) in [5.41, 5.74) is 0.243. The van der Waals surface area contributed by atoms with Crippen LogP contribution in [0.1, 0.15) is 10.4 Å². The van der Waals surface area contributed by atoms with Gasteiger partial charge in [-0.05, 0) is 28.1 Å². The molecule has 1 aromatic carbocycles. The Labute approximate surface area is 115 Å². The molecule has 0 spiro atoms. The van der Waals surface area contributed by atoms with Crippen molar-refractivity contribution in [1.82, 2.24) is 0 Å². The zero-order chi connectivity index (χ0) is 14.2. The number of rotatable bonds is 3. The summed E-state index contributed by atoms with van der Waals surface area (Å²) in [4.78, 5) is 34.8. The van der Waals surface area contributed by atoms with Crippen molar-refractivity contribution in [2.45, 2.75) is 0 Å². The Morgan fingerprint density at radius 1 is 1.42 bits per heavy atom. The molecule has 1 N–H and O–H groups in total. The number of amides is 1. The maximum absolute atomic E-state index is 13.4. The van der Waals surface area contributed by atoms with E-state index in [0.29, 0.717) is 0 Å². The van der Waals surface area contributed by atoms with E-state index in [1.54, 1.807) is 0 Å². The fourth-order valence-electron chi connectivity index (χ4n) is 1.73. The van der Waals surface area contributed by atoms with Gasteiger partial charge in [-0.25, -0.2) is 9.18 Å². The summed E-state index contributed by atoms with van der Waals surface area (Å²) in [6.45, 7) is -0.106. The highest BCUT2D eigenvalue weighted by atomic mass is 79.9. The van der Waals surface area contributed by atoms with E-state index < -0.39 is 23.5 Å². The number of nitrogens with zero attached hydrogens (tertiary/aromatic N) is 1. The van der Waals surface area contributed by atoms with Crippen LogP contribution < -0.4 is 4.90 Å². The van der Waals surface area contributed by atoms with Crippen LogP contribution in [0.15, 0.2) is 28.8 Å². The first kappa shape index (κ1) is 13.4. The molecule has 0 bridgehead atoms. The molecule has 0 atom stereocenters. The summed E-state index contributed by atoms with van der Waals surface area (Å²) in [7, 11) is 0. The van der Waals surface area contributed by atoms with Crippen molar-refractivity contribution in [3.05, 3.63) is 40.1 Å². The van der Waals surface area contributed by atoms with E-state index in [1.165, 1.54) is 12.1 Å². The predicted molar refractivity (Wildman–Crippen MR) is 67.6 cm³/mol. The minimum Gasteiger partial charge on any atom is -0.478 e. The molecule has 7 heteroatoms. The third-order valence-corrected chi connectivity index (χ3v) is 3.17. The van der Waals surface area contributed by atoms with Gasteiger partial charge in [0.15, 0.2) is 0 Å². The highest BCUT2D eigenvalue weighted by molar-refractivity contribution is 9.10. The number of carbonyl (C=O) groups is 3. The minimum atomic E-state index is -1.17. The highest BCUT2D eigenvalue weighted by Crippen LogP contribution is 2.33. The topological polar surface area (TPSA) is 74.7 Å². The number of anilines is 1. The monoisotopic (exact) mass is 327 g/mol. The number of fused-ring (bicyclic) bond motifs is 1. The number of carbonyl (C=O) groups excluding carboxylic acids is 2. The summed E-state index contributed by atoms with van der Waals surface area (Å²) in [5, 5.41) is 8.46. The third-order valence-electron chi connectivity index (χ3n) is 2.56. The number of Topliss-reactive ketones (excluding diaryl/α,β-unsaturated/α-hetero) is 1. The van der Waals surface area contributed by atoms with Crippen LogP contribution in [0, 0.1) is 5.82 Å². The van der Waals surface area contributed by atoms with Gasteiger partial charge in [-0.3, -0.25) is 9.59 Å². The smallest absolute Gasteiger partial charge is 0.328 e. The first-order valence-corrected chi connectivity index (χ1v) is 5.96. The number of carboxylic acids is 1. The van der Waals surface area contributed by atoms with Gasteiger partial charge in [0, 0.05) is 12.6 Å². The fourth-order valence-corrected chi connectivity index (χ4v) is 2.07. The van der Waals surface area contributed by atoms with E-state index in [9.17, 15) is 18.8 Å². The molecule has 2 rings (SSSR count). The molecule has 0 fully saturated rings. The second-order valence-corrected chi connectivity index (χ2v) is 4.62. The van der Waals surface area contributed by atoms with Crippen molar-refractivity contribution in [2.75, 3.05) is 11.4 Å². The molecule has 1 heterocycles. The van der Waals surface area contributed by atoms with Crippen LogP contribution in [0.4, 0.5) is 10.1 Å². The maximum Gasteiger partial charge on any atom is 0.328 e. The summed E-state index contributed by atoms with van der Waals surface area (Å²) in [6.07, 6.45) is 2.06. The molecule has 0 radical (unpaired) electrons. The van der Waals surface area contributed by atoms with Crippen LogP contribution in [-0.4, -0.2) is 29.3 Å². The highest BCUT2D eigenvalue weighted by Gasteiger charge is 2.36. The Hall–Kier alpha value is -2.02.